The van der Waals surface area contributed by atoms with Gasteiger partial charge in [0.25, 0.3) is 0 Å². The minimum atomic E-state index is -0.164. The van der Waals surface area contributed by atoms with E-state index < -0.39 is 0 Å². The van der Waals surface area contributed by atoms with Crippen LogP contribution in [0.4, 0.5) is 0 Å². The zero-order chi connectivity index (χ0) is 12.0. The van der Waals surface area contributed by atoms with Gasteiger partial charge in [0.1, 0.15) is 0 Å². The number of carbonyl (C=O) groups excluding carboxylic acids is 1. The lowest BCUT2D eigenvalue weighted by Gasteiger charge is -2.07. The number of carbonyl (C=O) groups is 1. The number of hydrogen-bond acceptors (Lipinski definition) is 2. The highest BCUT2D eigenvalue weighted by molar-refractivity contribution is 9.08. The van der Waals surface area contributed by atoms with Crippen LogP contribution in [-0.4, -0.2) is 12.6 Å². The molecule has 0 fully saturated rings. The molecule has 0 aliphatic carbocycles. The van der Waals surface area contributed by atoms with Crippen LogP contribution in [0.3, 0.4) is 0 Å². The van der Waals surface area contributed by atoms with Gasteiger partial charge in [-0.1, -0.05) is 33.6 Å². The van der Waals surface area contributed by atoms with E-state index in [1.165, 1.54) is 0 Å². The van der Waals surface area contributed by atoms with Crippen LogP contribution < -0.4 is 0 Å². The second kappa shape index (κ2) is 6.92. The fourth-order valence-electron chi connectivity index (χ4n) is 1.43. The zero-order valence-corrected chi connectivity index (χ0v) is 11.5. The second-order valence-corrected chi connectivity index (χ2v) is 4.35. The summed E-state index contributed by atoms with van der Waals surface area (Å²) in [4.78, 5) is 11.2. The first-order chi connectivity index (χ1) is 7.67. The van der Waals surface area contributed by atoms with E-state index in [-0.39, 0.29) is 5.97 Å². The van der Waals surface area contributed by atoms with Gasteiger partial charge in [0, 0.05) is 16.8 Å². The first kappa shape index (κ1) is 13.5. The summed E-state index contributed by atoms with van der Waals surface area (Å²) >= 11 is 9.33. The summed E-state index contributed by atoms with van der Waals surface area (Å²) in [6, 6.07) is 5.72. The lowest BCUT2D eigenvalue weighted by atomic mass is 10.0. The molecule has 0 unspecified atom stereocenters. The number of alkyl halides is 1. The highest BCUT2D eigenvalue weighted by atomic mass is 79.9. The topological polar surface area (TPSA) is 26.3 Å². The molecule has 16 heavy (non-hydrogen) atoms. The molecule has 2 nitrogen and oxygen atoms in total. The summed E-state index contributed by atoms with van der Waals surface area (Å²) in [5.74, 6) is -0.164. The largest absolute Gasteiger partial charge is 0.466 e. The number of benzene rings is 1. The van der Waals surface area contributed by atoms with Gasteiger partial charge in [0.05, 0.1) is 6.61 Å². The van der Waals surface area contributed by atoms with Gasteiger partial charge in [-0.2, -0.15) is 0 Å². The van der Waals surface area contributed by atoms with E-state index in [0.717, 1.165) is 16.5 Å². The van der Waals surface area contributed by atoms with Crippen molar-refractivity contribution >= 4 is 33.5 Å². The fraction of sp³-hybridized carbons (Fsp3) is 0.417. The molecule has 0 radical (unpaired) electrons. The monoisotopic (exact) mass is 304 g/mol. The SMILES string of the molecule is CCOC(=O)CCc1cc(Cl)ccc1CBr. The van der Waals surface area contributed by atoms with E-state index in [0.29, 0.717) is 24.5 Å². The van der Waals surface area contributed by atoms with Crippen LogP contribution >= 0.6 is 27.5 Å². The van der Waals surface area contributed by atoms with Gasteiger partial charge >= 0.3 is 5.97 Å². The highest BCUT2D eigenvalue weighted by Gasteiger charge is 2.06. The van der Waals surface area contributed by atoms with E-state index in [1.54, 1.807) is 6.92 Å². The zero-order valence-electron chi connectivity index (χ0n) is 9.13. The summed E-state index contributed by atoms with van der Waals surface area (Å²) in [6.45, 7) is 2.24. The van der Waals surface area contributed by atoms with Gasteiger partial charge in [0.15, 0.2) is 0 Å². The number of rotatable bonds is 5. The molecule has 0 spiro atoms. The van der Waals surface area contributed by atoms with Crippen molar-refractivity contribution in [1.82, 2.24) is 0 Å². The number of aryl methyl sites for hydroxylation is 1. The van der Waals surface area contributed by atoms with Crippen molar-refractivity contribution in [3.63, 3.8) is 0 Å². The van der Waals surface area contributed by atoms with Crippen LogP contribution in [0.25, 0.3) is 0 Å². The molecule has 0 aromatic heterocycles. The van der Waals surface area contributed by atoms with Crippen molar-refractivity contribution < 1.29 is 9.53 Å². The molecule has 0 saturated heterocycles. The van der Waals surface area contributed by atoms with Gasteiger partial charge in [-0.25, -0.2) is 0 Å². The summed E-state index contributed by atoms with van der Waals surface area (Å²) in [7, 11) is 0. The predicted octanol–water partition coefficient (Wildman–Crippen LogP) is 3.73. The number of hydrogen-bond donors (Lipinski definition) is 0. The average Bonchev–Trinajstić information content (AvgIpc) is 2.27. The van der Waals surface area contributed by atoms with E-state index >= 15 is 0 Å². The van der Waals surface area contributed by atoms with E-state index in [1.807, 2.05) is 18.2 Å². The Morgan fingerprint density at radius 2 is 2.19 bits per heavy atom. The van der Waals surface area contributed by atoms with Crippen molar-refractivity contribution in [2.75, 3.05) is 6.61 Å². The van der Waals surface area contributed by atoms with Gasteiger partial charge < -0.3 is 4.74 Å². The molecule has 0 aliphatic heterocycles. The Bertz CT molecular complexity index is 366. The molecule has 1 rings (SSSR count). The normalized spacial score (nSPS) is 10.2. The summed E-state index contributed by atoms with van der Waals surface area (Å²) in [5, 5.41) is 1.46. The minimum Gasteiger partial charge on any atom is -0.466 e. The Morgan fingerprint density at radius 3 is 2.81 bits per heavy atom. The van der Waals surface area contributed by atoms with Crippen molar-refractivity contribution in [3.05, 3.63) is 34.3 Å². The molecule has 0 amide bonds. The van der Waals surface area contributed by atoms with Crippen LogP contribution in [0.1, 0.15) is 24.5 Å². The third-order valence-electron chi connectivity index (χ3n) is 2.22. The molecule has 0 heterocycles. The highest BCUT2D eigenvalue weighted by Crippen LogP contribution is 2.20. The molecule has 4 heteroatoms. The van der Waals surface area contributed by atoms with Gasteiger partial charge in [-0.3, -0.25) is 4.79 Å². The van der Waals surface area contributed by atoms with Gasteiger partial charge in [-0.05, 0) is 36.6 Å². The van der Waals surface area contributed by atoms with Crippen LogP contribution in [0.5, 0.6) is 0 Å². The number of ether oxygens (including phenoxy) is 1. The lowest BCUT2D eigenvalue weighted by molar-refractivity contribution is -0.143. The van der Waals surface area contributed by atoms with E-state index in [2.05, 4.69) is 15.9 Å². The van der Waals surface area contributed by atoms with Gasteiger partial charge in [0.2, 0.25) is 0 Å². The summed E-state index contributed by atoms with van der Waals surface area (Å²) in [6.07, 6.45) is 1.06. The van der Waals surface area contributed by atoms with Crippen molar-refractivity contribution in [1.29, 1.82) is 0 Å². The summed E-state index contributed by atoms with van der Waals surface area (Å²) in [5.41, 5.74) is 2.26. The molecule has 0 atom stereocenters. The maximum atomic E-state index is 11.2. The van der Waals surface area contributed by atoms with Crippen molar-refractivity contribution in [2.45, 2.75) is 25.1 Å². The summed E-state index contributed by atoms with van der Waals surface area (Å²) < 4.78 is 4.88. The minimum absolute atomic E-state index is 0.164. The third kappa shape index (κ3) is 4.14. The molecule has 1 aromatic rings. The third-order valence-corrected chi connectivity index (χ3v) is 3.06. The number of esters is 1. The molecular weight excluding hydrogens is 291 g/mol. The van der Waals surface area contributed by atoms with Gasteiger partial charge in [-0.15, -0.1) is 0 Å². The predicted molar refractivity (Wildman–Crippen MR) is 69.0 cm³/mol. The van der Waals surface area contributed by atoms with Crippen LogP contribution in [0.15, 0.2) is 18.2 Å². The Morgan fingerprint density at radius 1 is 1.44 bits per heavy atom. The first-order valence-corrected chi connectivity index (χ1v) is 6.66. The van der Waals surface area contributed by atoms with Crippen molar-refractivity contribution in [2.24, 2.45) is 0 Å². The lowest BCUT2D eigenvalue weighted by Crippen LogP contribution is -2.06. The van der Waals surface area contributed by atoms with Crippen LogP contribution in [0.2, 0.25) is 5.02 Å². The Kier molecular flexibility index (Phi) is 5.85. The average molecular weight is 306 g/mol. The molecule has 88 valence electrons. The van der Waals surface area contributed by atoms with Crippen molar-refractivity contribution in [3.8, 4) is 0 Å². The molecule has 0 N–H and O–H groups in total. The van der Waals surface area contributed by atoms with Crippen LogP contribution in [-0.2, 0) is 21.3 Å². The fourth-order valence-corrected chi connectivity index (χ4v) is 2.17. The second-order valence-electron chi connectivity index (χ2n) is 3.35. The first-order valence-electron chi connectivity index (χ1n) is 5.16. The standard InChI is InChI=1S/C12H14BrClO2/c1-2-16-12(15)6-4-9-7-11(14)5-3-10(9)8-13/h3,5,7H,2,4,6,8H2,1H3. The van der Waals surface area contributed by atoms with E-state index in [4.69, 9.17) is 16.3 Å². The maximum absolute atomic E-state index is 11.2. The molecule has 0 saturated carbocycles. The number of halogens is 2. The molecule has 1 aromatic carbocycles. The Balaban J connectivity index is 2.65. The Hall–Kier alpha value is -0.540. The maximum Gasteiger partial charge on any atom is 0.306 e. The molecule has 0 bridgehead atoms. The molecule has 0 aliphatic rings. The Labute approximate surface area is 109 Å². The smallest absolute Gasteiger partial charge is 0.306 e. The van der Waals surface area contributed by atoms with E-state index in [9.17, 15) is 4.79 Å². The van der Waals surface area contributed by atoms with Crippen LogP contribution in [0, 0.1) is 0 Å². The quantitative estimate of drug-likeness (QED) is 0.612. The molecular formula is C12H14BrClO2.